The highest BCUT2D eigenvalue weighted by Gasteiger charge is 2.25. The Morgan fingerprint density at radius 2 is 2.21 bits per heavy atom. The molecule has 8 heteroatoms. The van der Waals surface area contributed by atoms with Crippen LogP contribution in [0.4, 0.5) is 8.78 Å². The van der Waals surface area contributed by atoms with Gasteiger partial charge in [-0.1, -0.05) is 0 Å². The standard InChI is InChI=1S/C16H15F2N5O/c1-22-7-10(6-20-22)12-4-15(18)13(5-14(12)17)16(24)21-11-2-3-23(8-11)9-19/h4-7,11H,2-3,8H2,1H3,(H,21,24). The third-order valence-corrected chi connectivity index (χ3v) is 3.98. The topological polar surface area (TPSA) is 74.0 Å². The minimum atomic E-state index is -0.803. The monoisotopic (exact) mass is 331 g/mol. The molecule has 2 aromatic rings. The van der Waals surface area contributed by atoms with E-state index in [-0.39, 0.29) is 17.2 Å². The van der Waals surface area contributed by atoms with E-state index in [2.05, 4.69) is 10.4 Å². The molecule has 0 bridgehead atoms. The van der Waals surface area contributed by atoms with Gasteiger partial charge in [-0.15, -0.1) is 0 Å². The summed E-state index contributed by atoms with van der Waals surface area (Å²) in [5, 5.41) is 15.4. The normalized spacial score (nSPS) is 16.9. The van der Waals surface area contributed by atoms with Crippen LogP contribution in [0.5, 0.6) is 0 Å². The molecule has 1 N–H and O–H groups in total. The summed E-state index contributed by atoms with van der Waals surface area (Å²) >= 11 is 0. The predicted molar refractivity (Wildman–Crippen MR) is 81.6 cm³/mol. The summed E-state index contributed by atoms with van der Waals surface area (Å²) < 4.78 is 30.0. The molecular formula is C16H15F2N5O. The highest BCUT2D eigenvalue weighted by molar-refractivity contribution is 5.95. The molecule has 24 heavy (non-hydrogen) atoms. The fraction of sp³-hybridized carbons (Fsp3) is 0.312. The molecule has 0 aliphatic carbocycles. The molecule has 1 saturated heterocycles. The maximum Gasteiger partial charge on any atom is 0.254 e. The molecule has 1 amide bonds. The number of carbonyl (C=O) groups is 1. The molecule has 1 aliphatic rings. The Kier molecular flexibility index (Phi) is 4.16. The number of nitrogens with zero attached hydrogens (tertiary/aromatic N) is 4. The van der Waals surface area contributed by atoms with Crippen molar-refractivity contribution >= 4 is 5.91 Å². The molecule has 1 unspecified atom stereocenters. The Hall–Kier alpha value is -2.95. The van der Waals surface area contributed by atoms with Crippen molar-refractivity contribution in [3.63, 3.8) is 0 Å². The minimum Gasteiger partial charge on any atom is -0.347 e. The van der Waals surface area contributed by atoms with Gasteiger partial charge < -0.3 is 10.2 Å². The van der Waals surface area contributed by atoms with Crippen molar-refractivity contribution in [1.82, 2.24) is 20.0 Å². The van der Waals surface area contributed by atoms with E-state index >= 15 is 0 Å². The Bertz CT molecular complexity index is 826. The molecule has 0 saturated carbocycles. The van der Waals surface area contributed by atoms with Crippen LogP contribution >= 0.6 is 0 Å². The summed E-state index contributed by atoms with van der Waals surface area (Å²) in [5.41, 5.74) is 0.130. The second-order valence-corrected chi connectivity index (χ2v) is 5.72. The molecule has 0 radical (unpaired) electrons. The van der Waals surface area contributed by atoms with Gasteiger partial charge >= 0.3 is 0 Å². The van der Waals surface area contributed by atoms with E-state index in [0.717, 1.165) is 12.1 Å². The number of benzene rings is 1. The van der Waals surface area contributed by atoms with E-state index in [4.69, 9.17) is 5.26 Å². The molecule has 0 spiro atoms. The van der Waals surface area contributed by atoms with Crippen LogP contribution in [0.1, 0.15) is 16.8 Å². The van der Waals surface area contributed by atoms with Crippen LogP contribution < -0.4 is 5.32 Å². The zero-order chi connectivity index (χ0) is 17.3. The van der Waals surface area contributed by atoms with Crippen molar-refractivity contribution in [2.45, 2.75) is 12.5 Å². The van der Waals surface area contributed by atoms with Gasteiger partial charge in [0, 0.05) is 43.5 Å². The van der Waals surface area contributed by atoms with Crippen molar-refractivity contribution in [2.24, 2.45) is 7.05 Å². The van der Waals surface area contributed by atoms with Gasteiger partial charge in [-0.25, -0.2) is 8.78 Å². The van der Waals surface area contributed by atoms with Gasteiger partial charge in [0.1, 0.15) is 11.6 Å². The first-order valence-electron chi connectivity index (χ1n) is 7.41. The molecule has 124 valence electrons. The van der Waals surface area contributed by atoms with Crippen molar-refractivity contribution in [3.05, 3.63) is 41.7 Å². The van der Waals surface area contributed by atoms with Crippen LogP contribution in [0.3, 0.4) is 0 Å². The van der Waals surface area contributed by atoms with Crippen LogP contribution in [-0.2, 0) is 7.05 Å². The summed E-state index contributed by atoms with van der Waals surface area (Å²) in [6.45, 7) is 0.915. The lowest BCUT2D eigenvalue weighted by molar-refractivity contribution is 0.0934. The maximum absolute atomic E-state index is 14.3. The highest BCUT2D eigenvalue weighted by atomic mass is 19.1. The zero-order valence-electron chi connectivity index (χ0n) is 13.0. The minimum absolute atomic E-state index is 0.0497. The quantitative estimate of drug-likeness (QED) is 0.868. The van der Waals surface area contributed by atoms with Crippen molar-refractivity contribution in [3.8, 4) is 17.3 Å². The molecule has 6 nitrogen and oxygen atoms in total. The van der Waals surface area contributed by atoms with E-state index in [9.17, 15) is 13.6 Å². The number of carbonyl (C=O) groups excluding carboxylic acids is 1. The lowest BCUT2D eigenvalue weighted by Gasteiger charge is -2.13. The van der Waals surface area contributed by atoms with Crippen molar-refractivity contribution in [2.75, 3.05) is 13.1 Å². The molecule has 3 rings (SSSR count). The van der Waals surface area contributed by atoms with Gasteiger partial charge in [-0.2, -0.15) is 10.4 Å². The fourth-order valence-corrected chi connectivity index (χ4v) is 2.73. The van der Waals surface area contributed by atoms with E-state index in [0.29, 0.717) is 25.1 Å². The second kappa shape index (κ2) is 6.28. The highest BCUT2D eigenvalue weighted by Crippen LogP contribution is 2.25. The predicted octanol–water partition coefficient (Wildman–Crippen LogP) is 1.65. The molecule has 1 aliphatic heterocycles. The number of nitriles is 1. The smallest absolute Gasteiger partial charge is 0.254 e. The third kappa shape index (κ3) is 3.06. The fourth-order valence-electron chi connectivity index (χ4n) is 2.73. The molecular weight excluding hydrogens is 316 g/mol. The van der Waals surface area contributed by atoms with E-state index < -0.39 is 17.5 Å². The number of aryl methyl sites for hydroxylation is 1. The van der Waals surface area contributed by atoms with Crippen molar-refractivity contribution < 1.29 is 13.6 Å². The number of halogens is 2. The number of amides is 1. The van der Waals surface area contributed by atoms with Crippen LogP contribution in [0, 0.1) is 23.1 Å². The van der Waals surface area contributed by atoms with E-state index in [1.165, 1.54) is 15.8 Å². The van der Waals surface area contributed by atoms with Crippen LogP contribution in [0.15, 0.2) is 24.5 Å². The Labute approximate surface area is 137 Å². The van der Waals surface area contributed by atoms with Crippen LogP contribution in [0.25, 0.3) is 11.1 Å². The van der Waals surface area contributed by atoms with Crippen LogP contribution in [-0.4, -0.2) is 39.7 Å². The second-order valence-electron chi connectivity index (χ2n) is 5.72. The van der Waals surface area contributed by atoms with Gasteiger partial charge in [0.05, 0.1) is 11.8 Å². The Morgan fingerprint density at radius 3 is 2.83 bits per heavy atom. The average Bonchev–Trinajstić information content (AvgIpc) is 3.18. The molecule has 1 fully saturated rings. The molecule has 1 aromatic heterocycles. The van der Waals surface area contributed by atoms with E-state index in [1.54, 1.807) is 13.2 Å². The lowest BCUT2D eigenvalue weighted by Crippen LogP contribution is -2.36. The summed E-state index contributed by atoms with van der Waals surface area (Å²) in [6.07, 6.45) is 5.57. The van der Waals surface area contributed by atoms with E-state index in [1.807, 2.05) is 6.19 Å². The van der Waals surface area contributed by atoms with Crippen LogP contribution in [0.2, 0.25) is 0 Å². The van der Waals surface area contributed by atoms with Gasteiger partial charge in [0.25, 0.3) is 5.91 Å². The Morgan fingerprint density at radius 1 is 1.42 bits per heavy atom. The summed E-state index contributed by atoms with van der Waals surface area (Å²) in [7, 11) is 1.67. The van der Waals surface area contributed by atoms with Gasteiger partial charge in [-0.05, 0) is 18.6 Å². The lowest BCUT2D eigenvalue weighted by atomic mass is 10.0. The summed E-state index contributed by atoms with van der Waals surface area (Å²) in [6, 6.07) is 1.64. The molecule has 1 atom stereocenters. The summed E-state index contributed by atoms with van der Waals surface area (Å²) in [5.74, 6) is -2.18. The van der Waals surface area contributed by atoms with Gasteiger partial charge in [-0.3, -0.25) is 9.48 Å². The first-order valence-corrected chi connectivity index (χ1v) is 7.41. The molecule has 2 heterocycles. The zero-order valence-corrected chi connectivity index (χ0v) is 13.0. The SMILES string of the molecule is Cn1cc(-c2cc(F)c(C(=O)NC3CCN(C#N)C3)cc2F)cn1. The van der Waals surface area contributed by atoms with Gasteiger partial charge in [0.15, 0.2) is 6.19 Å². The number of nitrogens with one attached hydrogen (secondary N) is 1. The summed E-state index contributed by atoms with van der Waals surface area (Å²) in [4.78, 5) is 13.7. The molecule has 1 aromatic carbocycles. The largest absolute Gasteiger partial charge is 0.347 e. The maximum atomic E-state index is 14.3. The number of aromatic nitrogens is 2. The number of hydrogen-bond donors (Lipinski definition) is 1. The average molecular weight is 331 g/mol. The number of likely N-dealkylation sites (tertiary alicyclic amines) is 1. The van der Waals surface area contributed by atoms with Crippen molar-refractivity contribution in [1.29, 1.82) is 5.26 Å². The first kappa shape index (κ1) is 15.9. The first-order chi connectivity index (χ1) is 11.5. The Balaban J connectivity index is 1.80. The number of hydrogen-bond acceptors (Lipinski definition) is 4. The number of rotatable bonds is 3. The third-order valence-electron chi connectivity index (χ3n) is 3.98. The van der Waals surface area contributed by atoms with Gasteiger partial charge in [0.2, 0.25) is 0 Å².